The zero-order valence-corrected chi connectivity index (χ0v) is 14.8. The number of amides is 1. The second kappa shape index (κ2) is 5.66. The molecule has 24 heavy (non-hydrogen) atoms. The van der Waals surface area contributed by atoms with Gasteiger partial charge in [0.1, 0.15) is 5.75 Å². The van der Waals surface area contributed by atoms with Gasteiger partial charge in [-0.2, -0.15) is 0 Å². The highest BCUT2D eigenvalue weighted by molar-refractivity contribution is 6.04. The second-order valence-corrected chi connectivity index (χ2v) is 8.03. The summed E-state index contributed by atoms with van der Waals surface area (Å²) in [6.07, 6.45) is 2.31. The number of hydrogen-bond acceptors (Lipinski definition) is 2. The third-order valence-electron chi connectivity index (χ3n) is 5.24. The van der Waals surface area contributed by atoms with Crippen molar-refractivity contribution in [3.8, 4) is 5.75 Å². The molecule has 0 fully saturated rings. The third kappa shape index (κ3) is 3.03. The monoisotopic (exact) mass is 323 g/mol. The van der Waals surface area contributed by atoms with E-state index in [0.717, 1.165) is 12.1 Å². The second-order valence-electron chi connectivity index (χ2n) is 8.03. The van der Waals surface area contributed by atoms with Crippen molar-refractivity contribution in [2.24, 2.45) is 0 Å². The van der Waals surface area contributed by atoms with Gasteiger partial charge in [0, 0.05) is 11.3 Å². The van der Waals surface area contributed by atoms with E-state index in [9.17, 15) is 9.90 Å². The molecule has 2 aromatic carbocycles. The van der Waals surface area contributed by atoms with E-state index in [2.05, 4.69) is 45.1 Å². The zero-order chi connectivity index (χ0) is 17.5. The minimum Gasteiger partial charge on any atom is -0.508 e. The molecule has 3 heteroatoms. The van der Waals surface area contributed by atoms with Crippen molar-refractivity contribution < 1.29 is 9.90 Å². The van der Waals surface area contributed by atoms with Crippen molar-refractivity contribution in [1.82, 2.24) is 0 Å². The van der Waals surface area contributed by atoms with Gasteiger partial charge >= 0.3 is 0 Å². The van der Waals surface area contributed by atoms with E-state index in [4.69, 9.17) is 0 Å². The van der Waals surface area contributed by atoms with E-state index < -0.39 is 0 Å². The number of fused-ring (bicyclic) bond motifs is 1. The smallest absolute Gasteiger partial charge is 0.255 e. The predicted molar refractivity (Wildman–Crippen MR) is 97.8 cm³/mol. The van der Waals surface area contributed by atoms with Crippen LogP contribution in [-0.2, 0) is 10.8 Å². The number of phenols is 1. The lowest BCUT2D eigenvalue weighted by Crippen LogP contribution is -2.33. The summed E-state index contributed by atoms with van der Waals surface area (Å²) in [4.78, 5) is 12.4. The fourth-order valence-electron chi connectivity index (χ4n) is 3.48. The highest BCUT2D eigenvalue weighted by Gasteiger charge is 2.36. The normalized spacial score (nSPS) is 17.8. The number of anilines is 1. The van der Waals surface area contributed by atoms with Crippen LogP contribution in [0.25, 0.3) is 0 Å². The molecule has 3 rings (SSSR count). The van der Waals surface area contributed by atoms with Gasteiger partial charge in [-0.3, -0.25) is 4.79 Å². The Morgan fingerprint density at radius 2 is 1.50 bits per heavy atom. The highest BCUT2D eigenvalue weighted by atomic mass is 16.3. The van der Waals surface area contributed by atoms with Gasteiger partial charge in [-0.05, 0) is 71.2 Å². The number of phenolic OH excluding ortho intramolecular Hbond substituents is 1. The average molecular weight is 323 g/mol. The fourth-order valence-corrected chi connectivity index (χ4v) is 3.48. The summed E-state index contributed by atoms with van der Waals surface area (Å²) in [5, 5.41) is 12.3. The molecule has 1 aliphatic carbocycles. The minimum absolute atomic E-state index is 0.115. The first kappa shape index (κ1) is 16.6. The van der Waals surface area contributed by atoms with Crippen molar-refractivity contribution in [3.63, 3.8) is 0 Å². The van der Waals surface area contributed by atoms with Gasteiger partial charge in [-0.25, -0.2) is 0 Å². The van der Waals surface area contributed by atoms with E-state index in [0.29, 0.717) is 5.56 Å². The summed E-state index contributed by atoms with van der Waals surface area (Å²) in [5.74, 6) is -0.00728. The largest absolute Gasteiger partial charge is 0.508 e. The standard InChI is InChI=1S/C21H25NO2/c1-20(2)11-12-21(3,4)18-13-15(7-10-17(18)20)22-19(24)14-5-8-16(23)9-6-14/h5-10,13,23H,11-12H2,1-4H3,(H,22,24). The maximum Gasteiger partial charge on any atom is 0.255 e. The Balaban J connectivity index is 1.91. The Kier molecular flexibility index (Phi) is 3.90. The number of aromatic hydroxyl groups is 1. The van der Waals surface area contributed by atoms with Crippen LogP contribution >= 0.6 is 0 Å². The van der Waals surface area contributed by atoms with Crippen LogP contribution in [0.2, 0.25) is 0 Å². The van der Waals surface area contributed by atoms with Crippen LogP contribution in [0.4, 0.5) is 5.69 Å². The molecule has 1 amide bonds. The topological polar surface area (TPSA) is 49.3 Å². The lowest BCUT2D eigenvalue weighted by molar-refractivity contribution is 0.102. The van der Waals surface area contributed by atoms with Crippen LogP contribution in [0.1, 0.15) is 62.0 Å². The lowest BCUT2D eigenvalue weighted by Gasteiger charge is -2.42. The third-order valence-corrected chi connectivity index (χ3v) is 5.24. The molecule has 3 nitrogen and oxygen atoms in total. The summed E-state index contributed by atoms with van der Waals surface area (Å²) in [6.45, 7) is 9.12. The average Bonchev–Trinajstić information content (AvgIpc) is 2.52. The van der Waals surface area contributed by atoms with Crippen LogP contribution in [0.15, 0.2) is 42.5 Å². The number of hydrogen-bond donors (Lipinski definition) is 2. The first-order valence-corrected chi connectivity index (χ1v) is 8.44. The molecule has 2 aromatic rings. The molecule has 2 N–H and O–H groups in total. The summed E-state index contributed by atoms with van der Waals surface area (Å²) < 4.78 is 0. The predicted octanol–water partition coefficient (Wildman–Crippen LogP) is 4.99. The van der Waals surface area contributed by atoms with Gasteiger partial charge in [0.25, 0.3) is 5.91 Å². The Labute approximate surface area is 143 Å². The van der Waals surface area contributed by atoms with Gasteiger partial charge in [-0.1, -0.05) is 33.8 Å². The number of rotatable bonds is 2. The van der Waals surface area contributed by atoms with Crippen molar-refractivity contribution in [2.45, 2.75) is 51.4 Å². The Morgan fingerprint density at radius 3 is 2.12 bits per heavy atom. The molecule has 0 aliphatic heterocycles. The van der Waals surface area contributed by atoms with E-state index in [1.165, 1.54) is 29.7 Å². The molecule has 126 valence electrons. The fraction of sp³-hybridized carbons (Fsp3) is 0.381. The van der Waals surface area contributed by atoms with Crippen LogP contribution in [0.5, 0.6) is 5.75 Å². The van der Waals surface area contributed by atoms with E-state index in [-0.39, 0.29) is 22.5 Å². The molecule has 0 unspecified atom stereocenters. The summed E-state index contributed by atoms with van der Waals surface area (Å²) in [5.41, 5.74) is 4.33. The van der Waals surface area contributed by atoms with Crippen molar-refractivity contribution >= 4 is 11.6 Å². The van der Waals surface area contributed by atoms with Gasteiger partial charge in [0.2, 0.25) is 0 Å². The van der Waals surface area contributed by atoms with Crippen LogP contribution < -0.4 is 5.32 Å². The first-order chi connectivity index (χ1) is 11.2. The van der Waals surface area contributed by atoms with Crippen molar-refractivity contribution in [3.05, 3.63) is 59.2 Å². The van der Waals surface area contributed by atoms with E-state index in [1.54, 1.807) is 12.1 Å². The molecule has 0 saturated heterocycles. The van der Waals surface area contributed by atoms with E-state index in [1.807, 2.05) is 6.07 Å². The quantitative estimate of drug-likeness (QED) is 0.817. The summed E-state index contributed by atoms with van der Waals surface area (Å²) in [6, 6.07) is 12.5. The summed E-state index contributed by atoms with van der Waals surface area (Å²) in [7, 11) is 0. The maximum absolute atomic E-state index is 12.4. The van der Waals surface area contributed by atoms with Gasteiger partial charge in [-0.15, -0.1) is 0 Å². The molecule has 0 aromatic heterocycles. The molecule has 0 heterocycles. The Morgan fingerprint density at radius 1 is 0.917 bits per heavy atom. The van der Waals surface area contributed by atoms with Crippen LogP contribution in [0.3, 0.4) is 0 Å². The van der Waals surface area contributed by atoms with Gasteiger partial charge in [0.05, 0.1) is 0 Å². The summed E-state index contributed by atoms with van der Waals surface area (Å²) >= 11 is 0. The van der Waals surface area contributed by atoms with E-state index >= 15 is 0 Å². The van der Waals surface area contributed by atoms with Gasteiger partial charge in [0.15, 0.2) is 0 Å². The molecule has 0 spiro atoms. The Bertz CT molecular complexity index is 773. The molecule has 1 aliphatic rings. The minimum atomic E-state index is -0.164. The molecule has 0 radical (unpaired) electrons. The SMILES string of the molecule is CC1(C)CCC(C)(C)c2cc(NC(=O)c3ccc(O)cc3)ccc21. The maximum atomic E-state index is 12.4. The van der Waals surface area contributed by atoms with Crippen molar-refractivity contribution in [2.75, 3.05) is 5.32 Å². The number of nitrogens with one attached hydrogen (secondary N) is 1. The molecule has 0 atom stereocenters. The molecule has 0 bridgehead atoms. The molecule has 0 saturated carbocycles. The van der Waals surface area contributed by atoms with Crippen molar-refractivity contribution in [1.29, 1.82) is 0 Å². The van der Waals surface area contributed by atoms with Crippen LogP contribution in [-0.4, -0.2) is 11.0 Å². The Hall–Kier alpha value is -2.29. The highest BCUT2D eigenvalue weighted by Crippen LogP contribution is 2.46. The number of carbonyl (C=O) groups is 1. The zero-order valence-electron chi connectivity index (χ0n) is 14.8. The molecular formula is C21H25NO2. The number of carbonyl (C=O) groups excluding carboxylic acids is 1. The molecular weight excluding hydrogens is 298 g/mol. The van der Waals surface area contributed by atoms with Gasteiger partial charge < -0.3 is 10.4 Å². The lowest BCUT2D eigenvalue weighted by atomic mass is 9.63. The number of benzene rings is 2. The van der Waals surface area contributed by atoms with Crippen LogP contribution in [0, 0.1) is 0 Å². The first-order valence-electron chi connectivity index (χ1n) is 8.44.